The number of hydrogen-bond donors (Lipinski definition) is 0. The van der Waals surface area contributed by atoms with Crippen LogP contribution in [0.25, 0.3) is 22.4 Å². The fourth-order valence-electron chi connectivity index (χ4n) is 4.20. The molecule has 0 unspecified atom stereocenters. The van der Waals surface area contributed by atoms with E-state index < -0.39 is 17.2 Å². The van der Waals surface area contributed by atoms with Crippen LogP contribution in [0.4, 0.5) is 0 Å². The standard InChI is InChI=1S/C26H21N5O6/c1-15-11-19(25(34)37-3)22-23(27-15)31(17-7-6-8-18(13-17)36-2)26(35)30(24(22)33)14-16-12-21(32)29-10-5-4-9-20(29)28-16/h4-13H,14H2,1-3H3. The van der Waals surface area contributed by atoms with Gasteiger partial charge in [-0.05, 0) is 37.3 Å². The third-order valence-corrected chi connectivity index (χ3v) is 5.88. The van der Waals surface area contributed by atoms with Crippen molar-refractivity contribution in [3.05, 3.63) is 109 Å². The Kier molecular flexibility index (Phi) is 5.88. The van der Waals surface area contributed by atoms with Crippen LogP contribution in [0.15, 0.2) is 75.2 Å². The SMILES string of the molecule is COC(=O)c1cc(C)nc2c1c(=O)n(Cc1cc(=O)n3ccccc3n1)c(=O)n2-c1cccc(OC)c1. The van der Waals surface area contributed by atoms with Crippen molar-refractivity contribution >= 4 is 22.6 Å². The molecule has 0 saturated carbocycles. The normalized spacial score (nSPS) is 11.1. The average molecular weight is 499 g/mol. The number of carbonyl (C=O) groups is 1. The van der Waals surface area contributed by atoms with E-state index in [9.17, 15) is 19.2 Å². The first kappa shape index (κ1) is 23.7. The van der Waals surface area contributed by atoms with Crippen molar-refractivity contribution < 1.29 is 14.3 Å². The van der Waals surface area contributed by atoms with Gasteiger partial charge in [0, 0.05) is 24.0 Å². The maximum absolute atomic E-state index is 13.8. The van der Waals surface area contributed by atoms with Crippen molar-refractivity contribution in [2.75, 3.05) is 14.2 Å². The zero-order valence-electron chi connectivity index (χ0n) is 20.2. The van der Waals surface area contributed by atoms with Crippen molar-refractivity contribution in [2.45, 2.75) is 13.5 Å². The third-order valence-electron chi connectivity index (χ3n) is 5.88. The number of pyridine rings is 2. The monoisotopic (exact) mass is 499 g/mol. The summed E-state index contributed by atoms with van der Waals surface area (Å²) in [4.78, 5) is 61.7. The topological polar surface area (TPSA) is 127 Å². The molecule has 0 atom stereocenters. The largest absolute Gasteiger partial charge is 0.497 e. The molecule has 11 nitrogen and oxygen atoms in total. The van der Waals surface area contributed by atoms with Crippen LogP contribution in [-0.4, -0.2) is 43.7 Å². The van der Waals surface area contributed by atoms with Gasteiger partial charge in [-0.1, -0.05) is 12.1 Å². The first-order chi connectivity index (χ1) is 17.8. The maximum Gasteiger partial charge on any atom is 0.338 e. The van der Waals surface area contributed by atoms with E-state index in [-0.39, 0.29) is 34.4 Å². The Balaban J connectivity index is 1.87. The summed E-state index contributed by atoms with van der Waals surface area (Å²) in [6.45, 7) is 1.33. The molecule has 0 aliphatic heterocycles. The number of methoxy groups -OCH3 is 2. The molecule has 0 fully saturated rings. The van der Waals surface area contributed by atoms with Crippen molar-refractivity contribution in [2.24, 2.45) is 0 Å². The molecular weight excluding hydrogens is 478 g/mol. The van der Waals surface area contributed by atoms with Crippen molar-refractivity contribution in [3.8, 4) is 11.4 Å². The first-order valence-corrected chi connectivity index (χ1v) is 11.2. The van der Waals surface area contributed by atoms with Crippen molar-refractivity contribution in [3.63, 3.8) is 0 Å². The molecule has 0 bridgehead atoms. The van der Waals surface area contributed by atoms with Gasteiger partial charge in [0.15, 0.2) is 5.65 Å². The number of hydrogen-bond acceptors (Lipinski definition) is 8. The number of fused-ring (bicyclic) bond motifs is 2. The van der Waals surface area contributed by atoms with Gasteiger partial charge in [0.05, 0.1) is 43.1 Å². The smallest absolute Gasteiger partial charge is 0.338 e. The van der Waals surface area contributed by atoms with Crippen LogP contribution in [0.2, 0.25) is 0 Å². The second kappa shape index (κ2) is 9.19. The van der Waals surface area contributed by atoms with Crippen molar-refractivity contribution in [1.29, 1.82) is 0 Å². The predicted molar refractivity (Wildman–Crippen MR) is 135 cm³/mol. The molecule has 1 aromatic carbocycles. The van der Waals surface area contributed by atoms with Gasteiger partial charge in [0.25, 0.3) is 11.1 Å². The number of nitrogens with zero attached hydrogens (tertiary/aromatic N) is 5. The molecule has 11 heteroatoms. The second-order valence-corrected chi connectivity index (χ2v) is 8.23. The summed E-state index contributed by atoms with van der Waals surface area (Å²) in [5, 5.41) is -0.0996. The molecule has 0 N–H and O–H groups in total. The van der Waals surface area contributed by atoms with Crippen LogP contribution in [-0.2, 0) is 11.3 Å². The predicted octanol–water partition coefficient (Wildman–Crippen LogP) is 1.71. The molecular formula is C26H21N5O6. The van der Waals surface area contributed by atoms with Crippen LogP contribution in [0.5, 0.6) is 5.75 Å². The molecule has 0 saturated heterocycles. The number of benzene rings is 1. The van der Waals surface area contributed by atoms with E-state index >= 15 is 0 Å². The molecule has 0 radical (unpaired) electrons. The number of ether oxygens (including phenoxy) is 2. The highest BCUT2D eigenvalue weighted by Gasteiger charge is 2.23. The molecule has 4 aromatic heterocycles. The Morgan fingerprint density at radius 2 is 1.78 bits per heavy atom. The summed E-state index contributed by atoms with van der Waals surface area (Å²) in [5.74, 6) is -0.280. The Labute approximate surface area is 208 Å². The number of rotatable bonds is 5. The lowest BCUT2D eigenvalue weighted by molar-refractivity contribution is 0.0602. The molecule has 5 rings (SSSR count). The lowest BCUT2D eigenvalue weighted by Gasteiger charge is -2.16. The molecule has 0 amide bonds. The summed E-state index contributed by atoms with van der Waals surface area (Å²) in [7, 11) is 2.69. The molecule has 5 aromatic rings. The summed E-state index contributed by atoms with van der Waals surface area (Å²) < 4.78 is 13.7. The minimum atomic E-state index is -0.762. The Morgan fingerprint density at radius 3 is 2.54 bits per heavy atom. The molecule has 0 spiro atoms. The van der Waals surface area contributed by atoms with Gasteiger partial charge in [-0.2, -0.15) is 0 Å². The molecule has 37 heavy (non-hydrogen) atoms. The lowest BCUT2D eigenvalue weighted by Crippen LogP contribution is -2.41. The van der Waals surface area contributed by atoms with Crippen LogP contribution in [0, 0.1) is 6.92 Å². The Morgan fingerprint density at radius 1 is 0.973 bits per heavy atom. The van der Waals surface area contributed by atoms with Crippen molar-refractivity contribution in [1.82, 2.24) is 23.5 Å². The van der Waals surface area contributed by atoms with E-state index in [1.165, 1.54) is 35.3 Å². The zero-order chi connectivity index (χ0) is 26.3. The van der Waals surface area contributed by atoms with Gasteiger partial charge in [-0.3, -0.25) is 18.6 Å². The maximum atomic E-state index is 13.8. The van der Waals surface area contributed by atoms with Gasteiger partial charge in [-0.25, -0.2) is 24.1 Å². The molecule has 0 aliphatic carbocycles. The lowest BCUT2D eigenvalue weighted by atomic mass is 10.1. The van der Waals surface area contributed by atoms with Gasteiger partial charge < -0.3 is 9.47 Å². The van der Waals surface area contributed by atoms with Crippen LogP contribution >= 0.6 is 0 Å². The van der Waals surface area contributed by atoms with E-state index in [1.54, 1.807) is 55.6 Å². The zero-order valence-corrected chi connectivity index (χ0v) is 20.2. The fourth-order valence-corrected chi connectivity index (χ4v) is 4.20. The summed E-state index contributed by atoms with van der Waals surface area (Å²) >= 11 is 0. The van der Waals surface area contributed by atoms with E-state index in [1.807, 2.05) is 0 Å². The highest BCUT2D eigenvalue weighted by molar-refractivity contribution is 6.02. The minimum Gasteiger partial charge on any atom is -0.497 e. The summed E-state index contributed by atoms with van der Waals surface area (Å²) in [6.07, 6.45) is 1.57. The third kappa shape index (κ3) is 4.05. The van der Waals surface area contributed by atoms with Crippen LogP contribution < -0.4 is 21.5 Å². The molecule has 0 aliphatic rings. The van der Waals surface area contributed by atoms with Gasteiger partial charge in [-0.15, -0.1) is 0 Å². The number of aromatic nitrogens is 5. The fraction of sp³-hybridized carbons (Fsp3) is 0.154. The summed E-state index contributed by atoms with van der Waals surface area (Å²) in [5.41, 5.74) is -0.565. The quantitative estimate of drug-likeness (QED) is 0.335. The van der Waals surface area contributed by atoms with Crippen LogP contribution in [0.3, 0.4) is 0 Å². The van der Waals surface area contributed by atoms with E-state index in [2.05, 4.69) is 9.97 Å². The first-order valence-electron chi connectivity index (χ1n) is 11.2. The van der Waals surface area contributed by atoms with E-state index in [4.69, 9.17) is 9.47 Å². The molecule has 186 valence electrons. The van der Waals surface area contributed by atoms with E-state index in [0.717, 1.165) is 4.57 Å². The van der Waals surface area contributed by atoms with Gasteiger partial charge >= 0.3 is 11.7 Å². The minimum absolute atomic E-state index is 0.00792. The van der Waals surface area contributed by atoms with Gasteiger partial charge in [0.2, 0.25) is 0 Å². The van der Waals surface area contributed by atoms with E-state index in [0.29, 0.717) is 22.8 Å². The Hall–Kier alpha value is -5.06. The number of esters is 1. The number of aryl methyl sites for hydroxylation is 1. The average Bonchev–Trinajstić information content (AvgIpc) is 2.90. The van der Waals surface area contributed by atoms with Crippen LogP contribution in [0.1, 0.15) is 21.7 Å². The summed E-state index contributed by atoms with van der Waals surface area (Å²) in [6, 6.07) is 14.4. The van der Waals surface area contributed by atoms with Gasteiger partial charge in [0.1, 0.15) is 11.4 Å². The number of carbonyl (C=O) groups excluding carboxylic acids is 1. The molecule has 4 heterocycles. The highest BCUT2D eigenvalue weighted by atomic mass is 16.5. The second-order valence-electron chi connectivity index (χ2n) is 8.23. The highest BCUT2D eigenvalue weighted by Crippen LogP contribution is 2.21. The Bertz CT molecular complexity index is 1890.